The standard InChI is InChI=1S/C14H14F6O7S2/c1-2-10-4-6-11(7-5-10)26-8-3-9-27-29(24,25)14(19,20)12(15,16)13(17,18)28(21,22)23/h2,4-7H,1,3,8-9H2,(H,21,22,23). The van der Waals surface area contributed by atoms with Crippen molar-refractivity contribution < 1.29 is 56.7 Å². The lowest BCUT2D eigenvalue weighted by atomic mass is 10.2. The van der Waals surface area contributed by atoms with Crippen molar-refractivity contribution in [3.8, 4) is 5.75 Å². The van der Waals surface area contributed by atoms with E-state index in [1.165, 1.54) is 18.2 Å². The lowest BCUT2D eigenvalue weighted by molar-refractivity contribution is -0.248. The molecule has 0 aliphatic carbocycles. The van der Waals surface area contributed by atoms with E-state index in [2.05, 4.69) is 10.8 Å². The molecule has 0 radical (unpaired) electrons. The summed E-state index contributed by atoms with van der Waals surface area (Å²) in [5.41, 5.74) is 0.747. The Bertz CT molecular complexity index is 928. The summed E-state index contributed by atoms with van der Waals surface area (Å²) in [6.45, 7) is 2.01. The Morgan fingerprint density at radius 3 is 1.90 bits per heavy atom. The summed E-state index contributed by atoms with van der Waals surface area (Å²) in [6, 6.07) is 6.17. The van der Waals surface area contributed by atoms with Gasteiger partial charge in [0.15, 0.2) is 0 Å². The molecular weight excluding hydrogens is 458 g/mol. The zero-order valence-corrected chi connectivity index (χ0v) is 15.8. The molecule has 1 N–H and O–H groups in total. The van der Waals surface area contributed by atoms with Gasteiger partial charge in [0.1, 0.15) is 5.75 Å². The molecule has 0 unspecified atom stereocenters. The Kier molecular flexibility index (Phi) is 7.38. The molecule has 29 heavy (non-hydrogen) atoms. The van der Waals surface area contributed by atoms with Gasteiger partial charge in [-0.2, -0.15) is 43.2 Å². The van der Waals surface area contributed by atoms with Gasteiger partial charge in [-0.25, -0.2) is 0 Å². The van der Waals surface area contributed by atoms with Crippen LogP contribution in [0.25, 0.3) is 6.08 Å². The van der Waals surface area contributed by atoms with Crippen LogP contribution in [0.15, 0.2) is 30.8 Å². The highest BCUT2D eigenvalue weighted by atomic mass is 32.2. The molecule has 0 aliphatic heterocycles. The smallest absolute Gasteiger partial charge is 0.439 e. The van der Waals surface area contributed by atoms with Crippen molar-refractivity contribution in [2.75, 3.05) is 13.2 Å². The van der Waals surface area contributed by atoms with Crippen molar-refractivity contribution in [1.82, 2.24) is 0 Å². The average Bonchev–Trinajstić information content (AvgIpc) is 2.60. The highest BCUT2D eigenvalue weighted by molar-refractivity contribution is 7.88. The molecule has 166 valence electrons. The number of ether oxygens (including phenoxy) is 1. The first-order valence-corrected chi connectivity index (χ1v) is 10.2. The second kappa shape index (κ2) is 8.49. The number of alkyl halides is 6. The third-order valence-corrected chi connectivity index (χ3v) is 5.55. The van der Waals surface area contributed by atoms with E-state index in [1.807, 2.05) is 0 Å². The van der Waals surface area contributed by atoms with Gasteiger partial charge in [0.05, 0.1) is 13.2 Å². The van der Waals surface area contributed by atoms with Crippen LogP contribution in [0.5, 0.6) is 5.75 Å². The Labute approximate surface area is 161 Å². The van der Waals surface area contributed by atoms with E-state index < -0.39 is 49.7 Å². The zero-order chi connectivity index (χ0) is 22.7. The number of rotatable bonds is 11. The molecule has 0 saturated heterocycles. The van der Waals surface area contributed by atoms with Crippen LogP contribution >= 0.6 is 0 Å². The summed E-state index contributed by atoms with van der Waals surface area (Å²) in [6.07, 6.45) is 1.09. The van der Waals surface area contributed by atoms with Gasteiger partial charge >= 0.3 is 36.7 Å². The summed E-state index contributed by atoms with van der Waals surface area (Å²) in [5.74, 6) is -6.75. The summed E-state index contributed by atoms with van der Waals surface area (Å²) in [4.78, 5) is 0. The van der Waals surface area contributed by atoms with Gasteiger partial charge in [-0.05, 0) is 17.7 Å². The summed E-state index contributed by atoms with van der Waals surface area (Å²) < 4.78 is 139. The fourth-order valence-corrected chi connectivity index (χ4v) is 3.12. The largest absolute Gasteiger partial charge is 0.494 e. The minimum atomic E-state index is -7.08. The Balaban J connectivity index is 2.76. The van der Waals surface area contributed by atoms with E-state index in [0.717, 1.165) is 5.56 Å². The Morgan fingerprint density at radius 1 is 0.931 bits per heavy atom. The van der Waals surface area contributed by atoms with Crippen molar-refractivity contribution in [3.63, 3.8) is 0 Å². The number of hydrogen-bond donors (Lipinski definition) is 1. The summed E-state index contributed by atoms with van der Waals surface area (Å²) in [5, 5.41) is -13.5. The first-order chi connectivity index (χ1) is 13.0. The van der Waals surface area contributed by atoms with E-state index >= 15 is 0 Å². The molecule has 0 bridgehead atoms. The van der Waals surface area contributed by atoms with Crippen molar-refractivity contribution in [2.24, 2.45) is 0 Å². The topological polar surface area (TPSA) is 107 Å². The molecule has 0 fully saturated rings. The van der Waals surface area contributed by atoms with E-state index in [4.69, 9.17) is 9.29 Å². The first-order valence-electron chi connectivity index (χ1n) is 7.36. The molecule has 0 aromatic heterocycles. The Hall–Kier alpha value is -1.84. The van der Waals surface area contributed by atoms with Gasteiger partial charge in [0.2, 0.25) is 0 Å². The number of hydrogen-bond acceptors (Lipinski definition) is 6. The molecular formula is C14H14F6O7S2. The predicted octanol–water partition coefficient (Wildman–Crippen LogP) is 3.15. The van der Waals surface area contributed by atoms with Gasteiger partial charge in [0, 0.05) is 6.42 Å². The predicted molar refractivity (Wildman–Crippen MR) is 87.9 cm³/mol. The highest BCUT2D eigenvalue weighted by Gasteiger charge is 2.82. The maximum absolute atomic E-state index is 13.5. The third kappa shape index (κ3) is 5.02. The molecule has 1 aromatic carbocycles. The highest BCUT2D eigenvalue weighted by Crippen LogP contribution is 2.50. The van der Waals surface area contributed by atoms with Crippen molar-refractivity contribution in [3.05, 3.63) is 36.4 Å². The van der Waals surface area contributed by atoms with Gasteiger partial charge in [-0.3, -0.25) is 8.74 Å². The molecule has 0 heterocycles. The van der Waals surface area contributed by atoms with E-state index in [-0.39, 0.29) is 12.4 Å². The second-order valence-corrected chi connectivity index (χ2v) is 8.45. The van der Waals surface area contributed by atoms with Crippen LogP contribution in [0.2, 0.25) is 0 Å². The van der Waals surface area contributed by atoms with Crippen molar-refractivity contribution in [1.29, 1.82) is 0 Å². The molecule has 0 amide bonds. The maximum atomic E-state index is 13.5. The molecule has 0 saturated carbocycles. The SMILES string of the molecule is C=Cc1ccc(OCCCOS(=O)(=O)C(F)(F)C(F)(F)C(F)(F)S(=O)(=O)O)cc1. The summed E-state index contributed by atoms with van der Waals surface area (Å²) >= 11 is 0. The monoisotopic (exact) mass is 472 g/mol. The fraction of sp³-hybridized carbons (Fsp3) is 0.429. The van der Waals surface area contributed by atoms with Gasteiger partial charge in [-0.1, -0.05) is 24.8 Å². The quantitative estimate of drug-likeness (QED) is 0.228. The van der Waals surface area contributed by atoms with Crippen LogP contribution in [-0.2, 0) is 24.4 Å². The second-order valence-electron chi connectivity index (χ2n) is 5.33. The minimum Gasteiger partial charge on any atom is -0.494 e. The molecule has 1 rings (SSSR count). The normalized spacial score (nSPS) is 13.9. The fourth-order valence-electron chi connectivity index (χ4n) is 1.68. The maximum Gasteiger partial charge on any atom is 0.439 e. The van der Waals surface area contributed by atoms with Gasteiger partial charge < -0.3 is 4.74 Å². The molecule has 0 spiro atoms. The zero-order valence-electron chi connectivity index (χ0n) is 14.2. The average molecular weight is 472 g/mol. The minimum absolute atomic E-state index is 0.281. The van der Waals surface area contributed by atoms with Crippen LogP contribution in [0.3, 0.4) is 0 Å². The van der Waals surface area contributed by atoms with Gasteiger partial charge in [0.25, 0.3) is 0 Å². The van der Waals surface area contributed by atoms with Crippen LogP contribution in [0.1, 0.15) is 12.0 Å². The van der Waals surface area contributed by atoms with Crippen LogP contribution in [0, 0.1) is 0 Å². The molecule has 0 atom stereocenters. The van der Waals surface area contributed by atoms with Crippen LogP contribution in [-0.4, -0.2) is 51.0 Å². The van der Waals surface area contributed by atoms with Crippen molar-refractivity contribution in [2.45, 2.75) is 22.9 Å². The summed E-state index contributed by atoms with van der Waals surface area (Å²) in [7, 11) is -13.8. The lowest BCUT2D eigenvalue weighted by Gasteiger charge is -2.29. The van der Waals surface area contributed by atoms with E-state index in [9.17, 15) is 43.2 Å². The first kappa shape index (κ1) is 25.2. The lowest BCUT2D eigenvalue weighted by Crippen LogP contribution is -2.60. The third-order valence-electron chi connectivity index (χ3n) is 3.28. The van der Waals surface area contributed by atoms with Crippen LogP contribution < -0.4 is 4.74 Å². The molecule has 15 heteroatoms. The molecule has 1 aromatic rings. The van der Waals surface area contributed by atoms with E-state index in [0.29, 0.717) is 0 Å². The van der Waals surface area contributed by atoms with E-state index in [1.54, 1.807) is 12.1 Å². The van der Waals surface area contributed by atoms with Gasteiger partial charge in [-0.15, -0.1) is 0 Å². The number of halogens is 6. The number of benzene rings is 1. The van der Waals surface area contributed by atoms with Crippen LogP contribution in [0.4, 0.5) is 26.3 Å². The molecule has 0 aliphatic rings. The van der Waals surface area contributed by atoms with Crippen molar-refractivity contribution >= 4 is 26.3 Å². The molecule has 7 nitrogen and oxygen atoms in total. The Morgan fingerprint density at radius 2 is 1.45 bits per heavy atom.